The molecule has 3 aromatic rings. The number of thiophene rings is 1. The van der Waals surface area contributed by atoms with Crippen LogP contribution in [0, 0.1) is 19.8 Å². The zero-order chi connectivity index (χ0) is 18.1. The van der Waals surface area contributed by atoms with Crippen molar-refractivity contribution in [1.29, 1.82) is 0 Å². The van der Waals surface area contributed by atoms with Crippen molar-refractivity contribution in [1.82, 2.24) is 15.0 Å². The number of hydrogen-bond donors (Lipinski definition) is 2. The Labute approximate surface area is 150 Å². The highest BCUT2D eigenvalue weighted by Gasteiger charge is 2.19. The van der Waals surface area contributed by atoms with Gasteiger partial charge in [0.25, 0.3) is 5.91 Å². The number of fused-ring (bicyclic) bond motifs is 1. The number of nitrogens with two attached hydrogens (primary N) is 1. The number of pyridine rings is 1. The molecule has 130 valence electrons. The number of nitrogens with zero attached hydrogens (tertiary/aromatic N) is 3. The van der Waals surface area contributed by atoms with E-state index < -0.39 is 0 Å². The van der Waals surface area contributed by atoms with Crippen LogP contribution in [0.1, 0.15) is 40.6 Å². The Balaban J connectivity index is 1.91. The number of carbonyl (C=O) groups excluding carboxylic acids is 1. The van der Waals surface area contributed by atoms with E-state index in [-0.39, 0.29) is 11.9 Å². The van der Waals surface area contributed by atoms with E-state index in [9.17, 15) is 4.79 Å². The molecular weight excluding hydrogens is 334 g/mol. The first kappa shape index (κ1) is 17.3. The molecule has 0 atom stereocenters. The van der Waals surface area contributed by atoms with Gasteiger partial charge in [0.2, 0.25) is 5.95 Å². The molecule has 6 nitrogen and oxygen atoms in total. The first-order valence-electron chi connectivity index (χ1n) is 8.15. The fourth-order valence-corrected chi connectivity index (χ4v) is 3.68. The third kappa shape index (κ3) is 3.76. The van der Waals surface area contributed by atoms with Gasteiger partial charge in [-0.05, 0) is 44.4 Å². The predicted molar refractivity (Wildman–Crippen MR) is 102 cm³/mol. The minimum absolute atomic E-state index is 0.285. The fraction of sp³-hybridized carbons (Fsp3) is 0.333. The van der Waals surface area contributed by atoms with E-state index in [1.165, 1.54) is 11.3 Å². The first-order valence-corrected chi connectivity index (χ1v) is 8.96. The Morgan fingerprint density at radius 2 is 1.88 bits per heavy atom. The minimum Gasteiger partial charge on any atom is -0.397 e. The summed E-state index contributed by atoms with van der Waals surface area (Å²) in [5.41, 5.74) is 9.23. The number of amides is 1. The van der Waals surface area contributed by atoms with Gasteiger partial charge in [0.05, 0.1) is 5.69 Å². The van der Waals surface area contributed by atoms with Crippen LogP contribution in [0.25, 0.3) is 10.2 Å². The summed E-state index contributed by atoms with van der Waals surface area (Å²) in [6.07, 6.45) is 0.895. The van der Waals surface area contributed by atoms with Crippen molar-refractivity contribution in [3.63, 3.8) is 0 Å². The van der Waals surface area contributed by atoms with E-state index in [1.807, 2.05) is 32.0 Å². The van der Waals surface area contributed by atoms with Crippen LogP contribution in [0.15, 0.2) is 18.2 Å². The van der Waals surface area contributed by atoms with Gasteiger partial charge in [0.1, 0.15) is 9.71 Å². The van der Waals surface area contributed by atoms with E-state index >= 15 is 0 Å². The summed E-state index contributed by atoms with van der Waals surface area (Å²) < 4.78 is 0. The monoisotopic (exact) mass is 355 g/mol. The van der Waals surface area contributed by atoms with Crippen LogP contribution in [-0.4, -0.2) is 20.9 Å². The Kier molecular flexibility index (Phi) is 4.67. The van der Waals surface area contributed by atoms with Gasteiger partial charge in [-0.2, -0.15) is 0 Å². The van der Waals surface area contributed by atoms with Crippen LogP contribution < -0.4 is 11.1 Å². The molecule has 3 rings (SSSR count). The third-order valence-corrected chi connectivity index (χ3v) is 4.80. The highest BCUT2D eigenvalue weighted by atomic mass is 32.1. The molecule has 0 spiro atoms. The number of nitrogen functional groups attached to an aromatic ring is 1. The summed E-state index contributed by atoms with van der Waals surface area (Å²) in [6, 6.07) is 5.76. The molecule has 0 radical (unpaired) electrons. The van der Waals surface area contributed by atoms with Crippen LogP contribution in [-0.2, 0) is 6.42 Å². The van der Waals surface area contributed by atoms with Crippen molar-refractivity contribution in [2.24, 2.45) is 5.92 Å². The standard InChI is InChI=1S/C18H21N5OS/c1-9(2)7-12-5-6-13-14(19)15(25-17(13)22-12)16(24)23-18-20-10(3)8-11(4)21-18/h5-6,8-9H,7,19H2,1-4H3,(H,20,21,23,24). The molecule has 0 saturated carbocycles. The van der Waals surface area contributed by atoms with Gasteiger partial charge in [-0.15, -0.1) is 11.3 Å². The van der Waals surface area contributed by atoms with E-state index in [2.05, 4.69) is 34.1 Å². The molecule has 0 aromatic carbocycles. The van der Waals surface area contributed by atoms with Crippen molar-refractivity contribution in [2.75, 3.05) is 11.1 Å². The van der Waals surface area contributed by atoms with Crippen molar-refractivity contribution >= 4 is 39.1 Å². The molecule has 0 unspecified atom stereocenters. The van der Waals surface area contributed by atoms with Gasteiger partial charge in [0, 0.05) is 22.5 Å². The highest BCUT2D eigenvalue weighted by molar-refractivity contribution is 7.21. The highest BCUT2D eigenvalue weighted by Crippen LogP contribution is 2.33. The number of aryl methyl sites for hydroxylation is 2. The molecule has 3 heterocycles. The third-order valence-electron chi connectivity index (χ3n) is 3.68. The van der Waals surface area contributed by atoms with Gasteiger partial charge >= 0.3 is 0 Å². The van der Waals surface area contributed by atoms with Crippen LogP contribution in [0.4, 0.5) is 11.6 Å². The summed E-state index contributed by atoms with van der Waals surface area (Å²) in [5, 5.41) is 3.54. The van der Waals surface area contributed by atoms with Crippen molar-refractivity contribution in [3.05, 3.63) is 40.2 Å². The summed E-state index contributed by atoms with van der Waals surface area (Å²) in [4.78, 5) is 26.9. The summed E-state index contributed by atoms with van der Waals surface area (Å²) in [6.45, 7) is 8.02. The van der Waals surface area contributed by atoms with E-state index in [4.69, 9.17) is 5.73 Å². The zero-order valence-corrected chi connectivity index (χ0v) is 15.6. The second-order valence-electron chi connectivity index (χ2n) is 6.53. The van der Waals surface area contributed by atoms with Gasteiger partial charge in [0.15, 0.2) is 0 Å². The van der Waals surface area contributed by atoms with Crippen molar-refractivity contribution in [2.45, 2.75) is 34.1 Å². The lowest BCUT2D eigenvalue weighted by Gasteiger charge is -2.04. The predicted octanol–water partition coefficient (Wildman–Crippen LogP) is 3.74. The first-order chi connectivity index (χ1) is 11.8. The molecule has 0 saturated heterocycles. The van der Waals surface area contributed by atoms with Gasteiger partial charge < -0.3 is 5.73 Å². The minimum atomic E-state index is -0.309. The van der Waals surface area contributed by atoms with Gasteiger partial charge in [-0.3, -0.25) is 10.1 Å². The Morgan fingerprint density at radius 3 is 2.52 bits per heavy atom. The van der Waals surface area contributed by atoms with Crippen molar-refractivity contribution < 1.29 is 4.79 Å². The largest absolute Gasteiger partial charge is 0.397 e. The number of nitrogens with one attached hydrogen (secondary N) is 1. The Hall–Kier alpha value is -2.54. The zero-order valence-electron chi connectivity index (χ0n) is 14.8. The molecule has 3 N–H and O–H groups in total. The van der Waals surface area contributed by atoms with Crippen LogP contribution in [0.2, 0.25) is 0 Å². The number of hydrogen-bond acceptors (Lipinski definition) is 6. The maximum atomic E-state index is 12.6. The molecule has 0 aliphatic heterocycles. The Bertz CT molecular complexity index is 928. The van der Waals surface area contributed by atoms with Crippen LogP contribution >= 0.6 is 11.3 Å². The van der Waals surface area contributed by atoms with Crippen LogP contribution in [0.3, 0.4) is 0 Å². The fourth-order valence-electron chi connectivity index (χ4n) is 2.68. The van der Waals surface area contributed by atoms with Crippen LogP contribution in [0.5, 0.6) is 0 Å². The van der Waals surface area contributed by atoms with E-state index in [1.54, 1.807) is 0 Å². The second kappa shape index (κ2) is 6.76. The molecule has 25 heavy (non-hydrogen) atoms. The molecule has 0 bridgehead atoms. The van der Waals surface area contributed by atoms with Gasteiger partial charge in [-0.1, -0.05) is 13.8 Å². The number of rotatable bonds is 4. The average Bonchev–Trinajstić information content (AvgIpc) is 2.82. The lowest BCUT2D eigenvalue weighted by Crippen LogP contribution is -2.15. The normalized spacial score (nSPS) is 11.2. The SMILES string of the molecule is Cc1cc(C)nc(NC(=O)c2sc3nc(CC(C)C)ccc3c2N)n1. The molecule has 0 fully saturated rings. The topological polar surface area (TPSA) is 93.8 Å². The Morgan fingerprint density at radius 1 is 1.20 bits per heavy atom. The molecule has 7 heteroatoms. The second-order valence-corrected chi connectivity index (χ2v) is 7.53. The average molecular weight is 355 g/mol. The molecular formula is C18H21N5OS. The lowest BCUT2D eigenvalue weighted by atomic mass is 10.1. The maximum Gasteiger partial charge on any atom is 0.270 e. The smallest absolute Gasteiger partial charge is 0.270 e. The van der Waals surface area contributed by atoms with E-state index in [0.29, 0.717) is 16.5 Å². The number of anilines is 2. The summed E-state index contributed by atoms with van der Waals surface area (Å²) >= 11 is 1.30. The molecule has 1 amide bonds. The number of aromatic nitrogens is 3. The van der Waals surface area contributed by atoms with E-state index in [0.717, 1.165) is 33.7 Å². The number of carbonyl (C=O) groups is 1. The summed E-state index contributed by atoms with van der Waals surface area (Å²) in [7, 11) is 0. The maximum absolute atomic E-state index is 12.6. The molecule has 0 aliphatic rings. The van der Waals surface area contributed by atoms with Crippen molar-refractivity contribution in [3.8, 4) is 0 Å². The summed E-state index contributed by atoms with van der Waals surface area (Å²) in [5.74, 6) is 0.496. The molecule has 3 aromatic heterocycles. The molecule has 0 aliphatic carbocycles. The lowest BCUT2D eigenvalue weighted by molar-refractivity contribution is 0.103. The van der Waals surface area contributed by atoms with Gasteiger partial charge in [-0.25, -0.2) is 15.0 Å². The quantitative estimate of drug-likeness (QED) is 0.743.